The van der Waals surface area contributed by atoms with Crippen molar-refractivity contribution in [2.75, 3.05) is 13.2 Å². The van der Waals surface area contributed by atoms with Crippen LogP contribution in [0.4, 0.5) is 0 Å². The lowest BCUT2D eigenvalue weighted by Gasteiger charge is -2.41. The second kappa shape index (κ2) is 4.09. The van der Waals surface area contributed by atoms with Crippen LogP contribution < -0.4 is 0 Å². The third-order valence-electron chi connectivity index (χ3n) is 3.59. The molecule has 0 radical (unpaired) electrons. The molecule has 2 rings (SSSR count). The number of hydrogen-bond acceptors (Lipinski definition) is 3. The van der Waals surface area contributed by atoms with Gasteiger partial charge in [0, 0.05) is 5.41 Å². The smallest absolute Gasteiger partial charge is 0.328 e. The molecule has 2 aliphatic rings. The summed E-state index contributed by atoms with van der Waals surface area (Å²) in [6.45, 7) is 2.67. The summed E-state index contributed by atoms with van der Waals surface area (Å²) in [5.41, 5.74) is 8.43. The van der Waals surface area contributed by atoms with Gasteiger partial charge in [-0.2, -0.15) is 4.79 Å². The second-order valence-electron chi connectivity index (χ2n) is 4.84. The summed E-state index contributed by atoms with van der Waals surface area (Å²) in [6, 6.07) is 0. The van der Waals surface area contributed by atoms with Gasteiger partial charge in [0.2, 0.25) is 5.79 Å². The molecule has 0 unspecified atom stereocenters. The van der Waals surface area contributed by atoms with Crippen molar-refractivity contribution in [1.82, 2.24) is 0 Å². The lowest BCUT2D eigenvalue weighted by Crippen LogP contribution is -2.52. The molecule has 2 fully saturated rings. The molecule has 1 aliphatic carbocycles. The lowest BCUT2D eigenvalue weighted by atomic mass is 9.87. The Morgan fingerprint density at radius 1 is 1.31 bits per heavy atom. The van der Waals surface area contributed by atoms with Gasteiger partial charge in [-0.25, -0.2) is 0 Å². The number of rotatable bonds is 2. The molecule has 1 aliphatic heterocycles. The van der Waals surface area contributed by atoms with Gasteiger partial charge in [-0.1, -0.05) is 12.8 Å². The summed E-state index contributed by atoms with van der Waals surface area (Å²) >= 11 is 0. The van der Waals surface area contributed by atoms with Gasteiger partial charge >= 0.3 is 6.21 Å². The average Bonchev–Trinajstić information content (AvgIpc) is 2.73. The summed E-state index contributed by atoms with van der Waals surface area (Å²) in [5, 5.41) is 0. The number of carbonyl (C=O) groups excluding carboxylic acids is 1. The maximum atomic E-state index is 11.6. The van der Waals surface area contributed by atoms with Crippen molar-refractivity contribution in [3.05, 3.63) is 5.53 Å². The number of hydrogen-bond donors (Lipinski definition) is 0. The lowest BCUT2D eigenvalue weighted by molar-refractivity contribution is -0.275. The molecular weight excluding hydrogens is 208 g/mol. The fourth-order valence-electron chi connectivity index (χ4n) is 2.39. The zero-order valence-corrected chi connectivity index (χ0v) is 9.44. The van der Waals surface area contributed by atoms with Gasteiger partial charge < -0.3 is 15.0 Å². The Balaban J connectivity index is 2.03. The van der Waals surface area contributed by atoms with E-state index in [9.17, 15) is 4.79 Å². The Morgan fingerprint density at radius 3 is 2.38 bits per heavy atom. The highest BCUT2D eigenvalue weighted by atomic mass is 16.7. The Morgan fingerprint density at radius 2 is 1.88 bits per heavy atom. The molecule has 88 valence electrons. The van der Waals surface area contributed by atoms with Gasteiger partial charge in [-0.15, -0.1) is 0 Å². The molecule has 5 heteroatoms. The van der Waals surface area contributed by atoms with Gasteiger partial charge in [-0.3, -0.25) is 4.79 Å². The predicted molar refractivity (Wildman–Crippen MR) is 55.9 cm³/mol. The predicted octanol–water partition coefficient (Wildman–Crippen LogP) is 1.18. The van der Waals surface area contributed by atoms with E-state index in [0.717, 1.165) is 19.1 Å². The molecular formula is C11H16N2O3. The number of ketones is 1. The normalized spacial score (nSPS) is 26.3. The summed E-state index contributed by atoms with van der Waals surface area (Å²) in [6.07, 6.45) is 5.44. The van der Waals surface area contributed by atoms with E-state index in [0.29, 0.717) is 13.2 Å². The van der Waals surface area contributed by atoms with E-state index in [1.165, 1.54) is 12.8 Å². The molecule has 0 aromatic heterocycles. The fraction of sp³-hybridized carbons (Fsp3) is 0.818. The van der Waals surface area contributed by atoms with Crippen LogP contribution in [-0.2, 0) is 14.3 Å². The van der Waals surface area contributed by atoms with Gasteiger partial charge in [0.1, 0.15) is 0 Å². The molecule has 1 spiro atoms. The number of ether oxygens (including phenoxy) is 2. The van der Waals surface area contributed by atoms with Crippen LogP contribution in [0.25, 0.3) is 5.53 Å². The van der Waals surface area contributed by atoms with Crippen molar-refractivity contribution in [2.45, 2.75) is 38.4 Å². The monoisotopic (exact) mass is 224 g/mol. The van der Waals surface area contributed by atoms with Crippen LogP contribution in [0.3, 0.4) is 0 Å². The zero-order valence-electron chi connectivity index (χ0n) is 9.44. The molecule has 16 heavy (non-hydrogen) atoms. The van der Waals surface area contributed by atoms with E-state index in [-0.39, 0.29) is 5.41 Å². The minimum absolute atomic E-state index is 0.107. The zero-order chi connectivity index (χ0) is 11.6. The summed E-state index contributed by atoms with van der Waals surface area (Å²) in [4.78, 5) is 14.3. The first-order valence-electron chi connectivity index (χ1n) is 5.60. The standard InChI is InChI=1S/C11H16N2O3/c1-10(9(14)6-13-12)15-7-11(8-16-10)4-2-3-5-11/h6H,2-5,7-8H2,1H3. The Bertz CT molecular complexity index is 331. The van der Waals surface area contributed by atoms with E-state index in [2.05, 4.69) is 4.79 Å². The van der Waals surface area contributed by atoms with Crippen LogP contribution >= 0.6 is 0 Å². The van der Waals surface area contributed by atoms with Crippen LogP contribution in [0.2, 0.25) is 0 Å². The Labute approximate surface area is 94.3 Å². The van der Waals surface area contributed by atoms with Crippen molar-refractivity contribution in [3.8, 4) is 0 Å². The van der Waals surface area contributed by atoms with E-state index < -0.39 is 11.6 Å². The van der Waals surface area contributed by atoms with Crippen molar-refractivity contribution in [1.29, 1.82) is 0 Å². The molecule has 0 aromatic rings. The molecule has 0 atom stereocenters. The van der Waals surface area contributed by atoms with Crippen molar-refractivity contribution < 1.29 is 19.1 Å². The molecule has 0 N–H and O–H groups in total. The maximum Gasteiger partial charge on any atom is 0.328 e. The summed E-state index contributed by atoms with van der Waals surface area (Å²) < 4.78 is 11.1. The third-order valence-corrected chi connectivity index (χ3v) is 3.59. The largest absolute Gasteiger partial charge is 0.361 e. The van der Waals surface area contributed by atoms with E-state index in [1.54, 1.807) is 6.92 Å². The summed E-state index contributed by atoms with van der Waals surface area (Å²) in [5.74, 6) is -1.73. The van der Waals surface area contributed by atoms with E-state index in [4.69, 9.17) is 15.0 Å². The van der Waals surface area contributed by atoms with Gasteiger partial charge in [-0.05, 0) is 19.8 Å². The maximum absolute atomic E-state index is 11.6. The fourth-order valence-corrected chi connectivity index (χ4v) is 2.39. The number of Topliss-reactive ketones (excluding diaryl/α,β-unsaturated/α-hetero) is 1. The highest BCUT2D eigenvalue weighted by Crippen LogP contribution is 2.43. The first-order chi connectivity index (χ1) is 7.60. The third kappa shape index (κ3) is 1.94. The number of carbonyl (C=O) groups is 1. The number of nitrogens with zero attached hydrogens (tertiary/aromatic N) is 2. The van der Waals surface area contributed by atoms with Crippen molar-refractivity contribution >= 4 is 12.0 Å². The van der Waals surface area contributed by atoms with Crippen LogP contribution in [0.5, 0.6) is 0 Å². The van der Waals surface area contributed by atoms with Gasteiger partial charge in [0.05, 0.1) is 13.2 Å². The quantitative estimate of drug-likeness (QED) is 0.401. The second-order valence-corrected chi connectivity index (χ2v) is 4.84. The van der Waals surface area contributed by atoms with Crippen LogP contribution in [-0.4, -0.2) is 35.8 Å². The Kier molecular flexibility index (Phi) is 2.93. The molecule has 1 saturated heterocycles. The first kappa shape index (κ1) is 11.5. The summed E-state index contributed by atoms with van der Waals surface area (Å²) in [7, 11) is 0. The molecule has 0 bridgehead atoms. The highest BCUT2D eigenvalue weighted by molar-refractivity contribution is 6.28. The molecule has 0 aromatic carbocycles. The van der Waals surface area contributed by atoms with Crippen molar-refractivity contribution in [3.63, 3.8) is 0 Å². The topological polar surface area (TPSA) is 71.9 Å². The first-order valence-corrected chi connectivity index (χ1v) is 5.60. The SMILES string of the molecule is CC1(C(=O)C=[N+]=[N-])OCC2(CCCC2)CO1. The molecule has 0 amide bonds. The highest BCUT2D eigenvalue weighted by Gasteiger charge is 2.47. The van der Waals surface area contributed by atoms with Gasteiger partial charge in [0.25, 0.3) is 5.78 Å². The van der Waals surface area contributed by atoms with Crippen LogP contribution in [0.15, 0.2) is 0 Å². The van der Waals surface area contributed by atoms with E-state index in [1.807, 2.05) is 0 Å². The molecule has 1 saturated carbocycles. The Hall–Kier alpha value is -1.03. The minimum atomic E-state index is -1.28. The molecule has 5 nitrogen and oxygen atoms in total. The van der Waals surface area contributed by atoms with Gasteiger partial charge in [0.15, 0.2) is 0 Å². The molecule has 1 heterocycles. The van der Waals surface area contributed by atoms with E-state index >= 15 is 0 Å². The average molecular weight is 224 g/mol. The minimum Gasteiger partial charge on any atom is -0.361 e. The van der Waals surface area contributed by atoms with Crippen LogP contribution in [0.1, 0.15) is 32.6 Å². The van der Waals surface area contributed by atoms with Crippen LogP contribution in [0, 0.1) is 5.41 Å². The van der Waals surface area contributed by atoms with Crippen molar-refractivity contribution in [2.24, 2.45) is 5.41 Å².